The molecule has 1 unspecified atom stereocenters. The normalized spacial score (nSPS) is 14.2. The summed E-state index contributed by atoms with van der Waals surface area (Å²) >= 11 is 6.18. The summed E-state index contributed by atoms with van der Waals surface area (Å²) < 4.78 is 11.0. The van der Waals surface area contributed by atoms with E-state index in [0.717, 1.165) is 5.56 Å². The van der Waals surface area contributed by atoms with E-state index in [4.69, 9.17) is 26.2 Å². The van der Waals surface area contributed by atoms with E-state index in [1.165, 1.54) is 0 Å². The minimum Gasteiger partial charge on any atom is -0.486 e. The summed E-state index contributed by atoms with van der Waals surface area (Å²) in [6.45, 7) is 1.73. The molecule has 0 radical (unpaired) electrons. The van der Waals surface area contributed by atoms with Gasteiger partial charge in [-0.05, 0) is 35.4 Å². The minimum atomic E-state index is -0.953. The summed E-state index contributed by atoms with van der Waals surface area (Å²) in [4.78, 5) is 10.8. The van der Waals surface area contributed by atoms with Gasteiger partial charge >= 0.3 is 5.97 Å². The van der Waals surface area contributed by atoms with Gasteiger partial charge in [0, 0.05) is 13.1 Å². The Morgan fingerprint density at radius 3 is 2.64 bits per heavy atom. The molecule has 0 aromatic heterocycles. The first-order valence-electron chi connectivity index (χ1n) is 7.84. The predicted octanol–water partition coefficient (Wildman–Crippen LogP) is 2.63. The number of aliphatic hydroxyl groups is 1. The van der Waals surface area contributed by atoms with Crippen molar-refractivity contribution in [2.45, 2.75) is 12.6 Å². The molecule has 2 aromatic rings. The van der Waals surface area contributed by atoms with Gasteiger partial charge in [-0.2, -0.15) is 0 Å². The Bertz CT molecular complexity index is 763. The van der Waals surface area contributed by atoms with E-state index in [0.29, 0.717) is 48.4 Å². The van der Waals surface area contributed by atoms with Crippen LogP contribution in [0.15, 0.2) is 36.4 Å². The molecule has 3 rings (SSSR count). The van der Waals surface area contributed by atoms with Gasteiger partial charge in [0.25, 0.3) is 0 Å². The minimum absolute atomic E-state index is 0.245. The quantitative estimate of drug-likeness (QED) is 0.731. The van der Waals surface area contributed by atoms with E-state index in [-0.39, 0.29) is 5.56 Å². The zero-order chi connectivity index (χ0) is 17.8. The number of nitrogens with one attached hydrogen (secondary N) is 1. The van der Waals surface area contributed by atoms with Crippen molar-refractivity contribution in [1.82, 2.24) is 5.32 Å². The molecule has 0 bridgehead atoms. The molecule has 1 heterocycles. The van der Waals surface area contributed by atoms with Gasteiger partial charge in [0.15, 0.2) is 11.5 Å². The molecular weight excluding hydrogens is 346 g/mol. The maximum Gasteiger partial charge on any atom is 0.335 e. The zero-order valence-electron chi connectivity index (χ0n) is 13.4. The number of hydrogen-bond donors (Lipinski definition) is 3. The van der Waals surface area contributed by atoms with Crippen LogP contribution in [0.25, 0.3) is 0 Å². The first-order chi connectivity index (χ1) is 12.0. The molecule has 0 saturated heterocycles. The Morgan fingerprint density at radius 1 is 1.20 bits per heavy atom. The van der Waals surface area contributed by atoms with Crippen LogP contribution in [-0.4, -0.2) is 35.9 Å². The number of aromatic carboxylic acids is 1. The van der Waals surface area contributed by atoms with Gasteiger partial charge in [-0.25, -0.2) is 4.79 Å². The van der Waals surface area contributed by atoms with Crippen LogP contribution in [0.3, 0.4) is 0 Å². The van der Waals surface area contributed by atoms with Crippen molar-refractivity contribution >= 4 is 17.6 Å². The molecule has 0 spiro atoms. The molecule has 0 aliphatic carbocycles. The van der Waals surface area contributed by atoms with Gasteiger partial charge in [-0.15, -0.1) is 0 Å². The highest BCUT2D eigenvalue weighted by Gasteiger charge is 2.19. The van der Waals surface area contributed by atoms with Crippen LogP contribution in [0.4, 0.5) is 0 Å². The zero-order valence-corrected chi connectivity index (χ0v) is 14.1. The fourth-order valence-electron chi connectivity index (χ4n) is 2.56. The van der Waals surface area contributed by atoms with Crippen LogP contribution in [0.1, 0.15) is 27.6 Å². The lowest BCUT2D eigenvalue weighted by atomic mass is 10.1. The lowest BCUT2D eigenvalue weighted by molar-refractivity contribution is 0.0697. The highest BCUT2D eigenvalue weighted by atomic mass is 35.5. The molecule has 0 fully saturated rings. The van der Waals surface area contributed by atoms with E-state index in [1.54, 1.807) is 36.4 Å². The molecule has 7 heteroatoms. The molecule has 25 heavy (non-hydrogen) atoms. The molecular formula is C18H18ClNO5. The van der Waals surface area contributed by atoms with Crippen molar-refractivity contribution in [3.05, 3.63) is 58.1 Å². The predicted molar refractivity (Wildman–Crippen MR) is 92.5 cm³/mol. The van der Waals surface area contributed by atoms with Gasteiger partial charge in [0.1, 0.15) is 13.2 Å². The van der Waals surface area contributed by atoms with Crippen molar-refractivity contribution in [2.75, 3.05) is 19.8 Å². The first-order valence-corrected chi connectivity index (χ1v) is 8.22. The number of rotatable bonds is 6. The standard InChI is InChI=1S/C18H18ClNO5/c19-14-7-13(8-16-17(14)25-6-5-24-16)15(21)10-20-9-11-1-3-12(4-2-11)18(22)23/h1-4,7-8,15,20-21H,5-6,9-10H2,(H,22,23). The number of aliphatic hydroxyl groups excluding tert-OH is 1. The van der Waals surface area contributed by atoms with Gasteiger partial charge in [-0.3, -0.25) is 0 Å². The lowest BCUT2D eigenvalue weighted by Gasteiger charge is -2.21. The summed E-state index contributed by atoms with van der Waals surface area (Å²) in [5, 5.41) is 22.8. The number of benzene rings is 2. The smallest absolute Gasteiger partial charge is 0.335 e. The van der Waals surface area contributed by atoms with E-state index in [2.05, 4.69) is 5.32 Å². The van der Waals surface area contributed by atoms with Gasteiger partial charge in [-0.1, -0.05) is 23.7 Å². The van der Waals surface area contributed by atoms with Gasteiger partial charge in [0.2, 0.25) is 0 Å². The molecule has 1 atom stereocenters. The molecule has 2 aromatic carbocycles. The van der Waals surface area contributed by atoms with Crippen molar-refractivity contribution in [1.29, 1.82) is 0 Å². The monoisotopic (exact) mass is 363 g/mol. The number of hydrogen-bond acceptors (Lipinski definition) is 5. The molecule has 0 saturated carbocycles. The van der Waals surface area contributed by atoms with E-state index < -0.39 is 12.1 Å². The summed E-state index contributed by atoms with van der Waals surface area (Å²) in [6, 6.07) is 9.98. The highest BCUT2D eigenvalue weighted by Crippen LogP contribution is 2.39. The van der Waals surface area contributed by atoms with Crippen molar-refractivity contribution in [3.8, 4) is 11.5 Å². The van der Waals surface area contributed by atoms with Crippen LogP contribution >= 0.6 is 11.6 Å². The summed E-state index contributed by atoms with van der Waals surface area (Å²) in [6.07, 6.45) is -0.758. The number of carbonyl (C=O) groups is 1. The van der Waals surface area contributed by atoms with Crippen LogP contribution in [-0.2, 0) is 6.54 Å². The van der Waals surface area contributed by atoms with Crippen LogP contribution in [0.5, 0.6) is 11.5 Å². The second-order valence-electron chi connectivity index (χ2n) is 5.68. The number of fused-ring (bicyclic) bond motifs is 1. The highest BCUT2D eigenvalue weighted by molar-refractivity contribution is 6.32. The average molecular weight is 364 g/mol. The number of carboxylic acid groups (broad SMARTS) is 1. The Balaban J connectivity index is 1.58. The largest absolute Gasteiger partial charge is 0.486 e. The second kappa shape index (κ2) is 7.74. The Hall–Kier alpha value is -2.28. The fourth-order valence-corrected chi connectivity index (χ4v) is 2.83. The topological polar surface area (TPSA) is 88.0 Å². The van der Waals surface area contributed by atoms with Crippen molar-refractivity contribution < 1.29 is 24.5 Å². The lowest BCUT2D eigenvalue weighted by Crippen LogP contribution is -2.22. The first kappa shape index (κ1) is 17.5. The van der Waals surface area contributed by atoms with E-state index >= 15 is 0 Å². The molecule has 0 amide bonds. The molecule has 1 aliphatic rings. The van der Waals surface area contributed by atoms with Crippen molar-refractivity contribution in [2.24, 2.45) is 0 Å². The third-order valence-corrected chi connectivity index (χ3v) is 4.15. The SMILES string of the molecule is O=C(O)c1ccc(CNCC(O)c2cc(Cl)c3c(c2)OCCO3)cc1. The maximum absolute atomic E-state index is 10.8. The third kappa shape index (κ3) is 4.22. The summed E-state index contributed by atoms with van der Waals surface area (Å²) in [5.74, 6) is 0.0952. The average Bonchev–Trinajstić information content (AvgIpc) is 2.62. The summed E-state index contributed by atoms with van der Waals surface area (Å²) in [7, 11) is 0. The maximum atomic E-state index is 10.8. The van der Waals surface area contributed by atoms with Gasteiger partial charge < -0.3 is 25.0 Å². The summed E-state index contributed by atoms with van der Waals surface area (Å²) in [5.41, 5.74) is 1.81. The number of ether oxygens (including phenoxy) is 2. The third-order valence-electron chi connectivity index (χ3n) is 3.87. The van der Waals surface area contributed by atoms with Gasteiger partial charge in [0.05, 0.1) is 16.7 Å². The van der Waals surface area contributed by atoms with Crippen molar-refractivity contribution in [3.63, 3.8) is 0 Å². The van der Waals surface area contributed by atoms with Crippen LogP contribution < -0.4 is 14.8 Å². The van der Waals surface area contributed by atoms with Crippen LogP contribution in [0.2, 0.25) is 5.02 Å². The molecule has 1 aliphatic heterocycles. The number of halogens is 1. The fraction of sp³-hybridized carbons (Fsp3) is 0.278. The molecule has 132 valence electrons. The van der Waals surface area contributed by atoms with Crippen LogP contribution in [0, 0.1) is 0 Å². The number of carboxylic acids is 1. The Kier molecular flexibility index (Phi) is 5.43. The second-order valence-corrected chi connectivity index (χ2v) is 6.08. The van der Waals surface area contributed by atoms with E-state index in [9.17, 15) is 9.90 Å². The Labute approximate surface area is 150 Å². The molecule has 6 nitrogen and oxygen atoms in total. The molecule has 3 N–H and O–H groups in total. The van der Waals surface area contributed by atoms with E-state index in [1.807, 2.05) is 0 Å². The Morgan fingerprint density at radius 2 is 1.92 bits per heavy atom.